The summed E-state index contributed by atoms with van der Waals surface area (Å²) in [6.45, 7) is 1.20. The van der Waals surface area contributed by atoms with Gasteiger partial charge < -0.3 is 24.4 Å². The summed E-state index contributed by atoms with van der Waals surface area (Å²) in [4.78, 5) is 0. The Kier molecular flexibility index (Phi) is 4.30. The SMILES string of the molecule is COc1cc(C2COCC2c2ccc(O)c(OC)c2)ccc1O. The minimum absolute atomic E-state index is 0.123. The fourth-order valence-corrected chi connectivity index (χ4v) is 3.06. The molecule has 0 bridgehead atoms. The molecule has 2 aromatic rings. The van der Waals surface area contributed by atoms with Crippen molar-refractivity contribution < 1.29 is 24.4 Å². The number of hydrogen-bond donors (Lipinski definition) is 2. The number of methoxy groups -OCH3 is 2. The van der Waals surface area contributed by atoms with E-state index in [4.69, 9.17) is 14.2 Å². The predicted molar refractivity (Wildman–Crippen MR) is 85.6 cm³/mol. The number of aromatic hydroxyl groups is 2. The third-order valence-electron chi connectivity index (χ3n) is 4.34. The van der Waals surface area contributed by atoms with E-state index < -0.39 is 0 Å². The fraction of sp³-hybridized carbons (Fsp3) is 0.333. The van der Waals surface area contributed by atoms with E-state index in [0.717, 1.165) is 11.1 Å². The molecule has 2 N–H and O–H groups in total. The van der Waals surface area contributed by atoms with E-state index in [1.54, 1.807) is 12.1 Å². The van der Waals surface area contributed by atoms with Crippen molar-refractivity contribution in [3.05, 3.63) is 47.5 Å². The van der Waals surface area contributed by atoms with Crippen LogP contribution in [-0.4, -0.2) is 37.6 Å². The van der Waals surface area contributed by atoms with Gasteiger partial charge in [-0.3, -0.25) is 0 Å². The molecule has 0 spiro atoms. The maximum atomic E-state index is 9.76. The Hall–Kier alpha value is -2.40. The lowest BCUT2D eigenvalue weighted by molar-refractivity contribution is 0.190. The Morgan fingerprint density at radius 3 is 1.65 bits per heavy atom. The van der Waals surface area contributed by atoms with Crippen LogP contribution in [0.2, 0.25) is 0 Å². The van der Waals surface area contributed by atoms with Crippen LogP contribution in [0.15, 0.2) is 36.4 Å². The van der Waals surface area contributed by atoms with Gasteiger partial charge in [0, 0.05) is 11.8 Å². The summed E-state index contributed by atoms with van der Waals surface area (Å²) in [5, 5.41) is 19.5. The third kappa shape index (κ3) is 2.92. The average Bonchev–Trinajstić information content (AvgIpc) is 3.05. The van der Waals surface area contributed by atoms with Crippen LogP contribution in [0.1, 0.15) is 23.0 Å². The molecule has 3 rings (SSSR count). The molecule has 5 nitrogen and oxygen atoms in total. The van der Waals surface area contributed by atoms with Crippen molar-refractivity contribution >= 4 is 0 Å². The molecule has 2 aromatic carbocycles. The largest absolute Gasteiger partial charge is 0.504 e. The molecule has 5 heteroatoms. The highest BCUT2D eigenvalue weighted by molar-refractivity contribution is 5.46. The second kappa shape index (κ2) is 6.38. The van der Waals surface area contributed by atoms with Gasteiger partial charge >= 0.3 is 0 Å². The Balaban J connectivity index is 1.94. The molecule has 0 saturated carbocycles. The van der Waals surface area contributed by atoms with Crippen LogP contribution in [0.5, 0.6) is 23.0 Å². The van der Waals surface area contributed by atoms with E-state index in [2.05, 4.69) is 0 Å². The lowest BCUT2D eigenvalue weighted by atomic mass is 9.84. The Labute approximate surface area is 135 Å². The molecule has 2 unspecified atom stereocenters. The van der Waals surface area contributed by atoms with Gasteiger partial charge in [-0.15, -0.1) is 0 Å². The van der Waals surface area contributed by atoms with Crippen molar-refractivity contribution in [2.45, 2.75) is 11.8 Å². The van der Waals surface area contributed by atoms with E-state index >= 15 is 0 Å². The average molecular weight is 316 g/mol. The molecule has 1 heterocycles. The standard InChI is InChI=1S/C18H20O5/c1-21-17-7-11(3-5-15(17)19)13-9-23-10-14(13)12-4-6-16(20)18(8-12)22-2/h3-8,13-14,19-20H,9-10H2,1-2H3. The lowest BCUT2D eigenvalue weighted by Crippen LogP contribution is -2.09. The molecular formula is C18H20O5. The maximum Gasteiger partial charge on any atom is 0.160 e. The van der Waals surface area contributed by atoms with E-state index in [1.807, 2.05) is 24.3 Å². The zero-order valence-corrected chi connectivity index (χ0v) is 13.2. The highest BCUT2D eigenvalue weighted by Gasteiger charge is 2.32. The lowest BCUT2D eigenvalue weighted by Gasteiger charge is -2.20. The minimum atomic E-state index is 0.123. The molecular weight excluding hydrogens is 296 g/mol. The highest BCUT2D eigenvalue weighted by Crippen LogP contribution is 2.42. The van der Waals surface area contributed by atoms with E-state index in [9.17, 15) is 10.2 Å². The molecule has 1 saturated heterocycles. The molecule has 0 aliphatic carbocycles. The van der Waals surface area contributed by atoms with Crippen LogP contribution >= 0.6 is 0 Å². The number of ether oxygens (including phenoxy) is 3. The summed E-state index contributed by atoms with van der Waals surface area (Å²) >= 11 is 0. The monoisotopic (exact) mass is 316 g/mol. The topological polar surface area (TPSA) is 68.2 Å². The summed E-state index contributed by atoms with van der Waals surface area (Å²) in [6.07, 6.45) is 0. The minimum Gasteiger partial charge on any atom is -0.504 e. The zero-order valence-electron chi connectivity index (χ0n) is 13.2. The first-order chi connectivity index (χ1) is 11.1. The number of rotatable bonds is 4. The molecule has 122 valence electrons. The number of phenols is 2. The Bertz CT molecular complexity index is 638. The maximum absolute atomic E-state index is 9.76. The molecule has 1 aliphatic rings. The van der Waals surface area contributed by atoms with Gasteiger partial charge in [-0.25, -0.2) is 0 Å². The second-order valence-electron chi connectivity index (χ2n) is 5.61. The summed E-state index contributed by atoms with van der Waals surface area (Å²) in [6, 6.07) is 10.8. The van der Waals surface area contributed by atoms with Gasteiger partial charge in [0.05, 0.1) is 27.4 Å². The number of hydrogen-bond acceptors (Lipinski definition) is 5. The quantitative estimate of drug-likeness (QED) is 0.907. The van der Waals surface area contributed by atoms with Crippen molar-refractivity contribution in [2.24, 2.45) is 0 Å². The van der Waals surface area contributed by atoms with Crippen molar-refractivity contribution in [3.63, 3.8) is 0 Å². The predicted octanol–water partition coefficient (Wildman–Crippen LogP) is 3.01. The van der Waals surface area contributed by atoms with E-state index in [-0.39, 0.29) is 23.3 Å². The molecule has 0 radical (unpaired) electrons. The normalized spacial score (nSPS) is 20.4. The van der Waals surface area contributed by atoms with Crippen molar-refractivity contribution in [3.8, 4) is 23.0 Å². The van der Waals surface area contributed by atoms with Crippen molar-refractivity contribution in [2.75, 3.05) is 27.4 Å². The van der Waals surface area contributed by atoms with Crippen LogP contribution in [0.3, 0.4) is 0 Å². The van der Waals surface area contributed by atoms with Gasteiger partial charge in [-0.2, -0.15) is 0 Å². The van der Waals surface area contributed by atoms with Crippen LogP contribution in [-0.2, 0) is 4.74 Å². The summed E-state index contributed by atoms with van der Waals surface area (Å²) in [5.74, 6) is 1.46. The van der Waals surface area contributed by atoms with Crippen molar-refractivity contribution in [1.29, 1.82) is 0 Å². The Morgan fingerprint density at radius 2 is 1.26 bits per heavy atom. The van der Waals surface area contributed by atoms with Crippen LogP contribution in [0.25, 0.3) is 0 Å². The van der Waals surface area contributed by atoms with Crippen molar-refractivity contribution in [1.82, 2.24) is 0 Å². The fourth-order valence-electron chi connectivity index (χ4n) is 3.06. The third-order valence-corrected chi connectivity index (χ3v) is 4.34. The first-order valence-electron chi connectivity index (χ1n) is 7.45. The van der Waals surface area contributed by atoms with E-state index in [0.29, 0.717) is 24.7 Å². The van der Waals surface area contributed by atoms with Gasteiger partial charge in [0.1, 0.15) is 0 Å². The zero-order chi connectivity index (χ0) is 16.4. The number of benzene rings is 2. The van der Waals surface area contributed by atoms with Crippen LogP contribution in [0, 0.1) is 0 Å². The Morgan fingerprint density at radius 1 is 0.826 bits per heavy atom. The first kappa shape index (κ1) is 15.5. The molecule has 1 fully saturated rings. The summed E-state index contributed by atoms with van der Waals surface area (Å²) in [7, 11) is 3.07. The van der Waals surface area contributed by atoms with Gasteiger partial charge in [-0.1, -0.05) is 12.1 Å². The van der Waals surface area contributed by atoms with Gasteiger partial charge in [-0.05, 0) is 35.4 Å². The molecule has 0 amide bonds. The van der Waals surface area contributed by atoms with E-state index in [1.165, 1.54) is 14.2 Å². The highest BCUT2D eigenvalue weighted by atomic mass is 16.5. The molecule has 23 heavy (non-hydrogen) atoms. The molecule has 1 aliphatic heterocycles. The van der Waals surface area contributed by atoms with Gasteiger partial charge in [0.15, 0.2) is 23.0 Å². The molecule has 0 aromatic heterocycles. The smallest absolute Gasteiger partial charge is 0.160 e. The first-order valence-corrected chi connectivity index (χ1v) is 7.45. The number of phenolic OH excluding ortho intramolecular Hbond substituents is 2. The van der Waals surface area contributed by atoms with Gasteiger partial charge in [0.25, 0.3) is 0 Å². The second-order valence-corrected chi connectivity index (χ2v) is 5.61. The van der Waals surface area contributed by atoms with Gasteiger partial charge in [0.2, 0.25) is 0 Å². The van der Waals surface area contributed by atoms with Crippen LogP contribution in [0.4, 0.5) is 0 Å². The summed E-state index contributed by atoms with van der Waals surface area (Å²) in [5.41, 5.74) is 2.10. The summed E-state index contributed by atoms with van der Waals surface area (Å²) < 4.78 is 16.1. The van der Waals surface area contributed by atoms with Crippen LogP contribution < -0.4 is 9.47 Å². The molecule has 2 atom stereocenters.